The smallest absolute Gasteiger partial charge is 0.251 e. The van der Waals surface area contributed by atoms with Crippen molar-refractivity contribution < 1.29 is 9.53 Å². The Morgan fingerprint density at radius 2 is 2.25 bits per heavy atom. The number of amides is 1. The Labute approximate surface area is 144 Å². The van der Waals surface area contributed by atoms with Crippen molar-refractivity contribution in [2.75, 3.05) is 46.9 Å². The van der Waals surface area contributed by atoms with Gasteiger partial charge >= 0.3 is 0 Å². The largest absolute Gasteiger partial charge is 0.383 e. The Morgan fingerprint density at radius 3 is 2.83 bits per heavy atom. The second-order valence-corrected chi connectivity index (χ2v) is 6.36. The number of nitrogens with one attached hydrogen (secondary N) is 2. The van der Waals surface area contributed by atoms with Crippen molar-refractivity contribution in [3.8, 4) is 0 Å². The summed E-state index contributed by atoms with van der Waals surface area (Å²) in [5.74, 6) is 0.648. The van der Waals surface area contributed by atoms with E-state index in [0.717, 1.165) is 47.6 Å². The van der Waals surface area contributed by atoms with Crippen LogP contribution in [0, 0.1) is 5.92 Å². The summed E-state index contributed by atoms with van der Waals surface area (Å²) in [7, 11) is 3.71. The summed E-state index contributed by atoms with van der Waals surface area (Å²) in [6.45, 7) is 10.4. The lowest BCUT2D eigenvalue weighted by Gasteiger charge is -2.30. The van der Waals surface area contributed by atoms with E-state index in [1.807, 2.05) is 12.1 Å². The first-order chi connectivity index (χ1) is 11.6. The zero-order valence-electron chi connectivity index (χ0n) is 15.0. The van der Waals surface area contributed by atoms with Gasteiger partial charge in [-0.05, 0) is 23.3 Å². The molecule has 0 bridgehead atoms. The first-order valence-corrected chi connectivity index (χ1v) is 8.57. The van der Waals surface area contributed by atoms with Crippen LogP contribution in [0.15, 0.2) is 12.1 Å². The van der Waals surface area contributed by atoms with E-state index in [1.54, 1.807) is 7.11 Å². The molecule has 0 spiro atoms. The third-order valence-corrected chi connectivity index (χ3v) is 4.40. The van der Waals surface area contributed by atoms with Gasteiger partial charge in [-0.25, -0.2) is 0 Å². The minimum atomic E-state index is -0.0515. The lowest BCUT2D eigenvalue weighted by molar-refractivity contribution is 0.0936. The third-order valence-electron chi connectivity index (χ3n) is 4.40. The van der Waals surface area contributed by atoms with Crippen LogP contribution in [0.2, 0.25) is 0 Å². The molecule has 1 saturated heterocycles. The van der Waals surface area contributed by atoms with Gasteiger partial charge in [-0.2, -0.15) is 0 Å². The summed E-state index contributed by atoms with van der Waals surface area (Å²) in [5, 5.41) is 8.22. The van der Waals surface area contributed by atoms with Crippen LogP contribution in [-0.4, -0.2) is 57.8 Å². The Bertz CT molecular complexity index is 668. The van der Waals surface area contributed by atoms with Crippen molar-refractivity contribution in [2.45, 2.75) is 13.3 Å². The Morgan fingerprint density at radius 1 is 1.50 bits per heavy atom. The lowest BCUT2D eigenvalue weighted by atomic mass is 10.00. The van der Waals surface area contributed by atoms with Crippen LogP contribution in [0.25, 0.3) is 12.8 Å². The number of ether oxygens (including phenoxy) is 1. The van der Waals surface area contributed by atoms with Crippen LogP contribution in [-0.2, 0) is 11.2 Å². The Hall–Kier alpha value is -1.85. The fourth-order valence-electron chi connectivity index (χ4n) is 2.99. The maximum Gasteiger partial charge on any atom is 0.251 e. The highest BCUT2D eigenvalue weighted by Crippen LogP contribution is 2.06. The molecule has 0 aromatic heterocycles. The van der Waals surface area contributed by atoms with Gasteiger partial charge in [-0.15, -0.1) is 0 Å². The maximum absolute atomic E-state index is 12.5. The summed E-state index contributed by atoms with van der Waals surface area (Å²) < 4.78 is 4.99. The van der Waals surface area contributed by atoms with Gasteiger partial charge in [0, 0.05) is 63.2 Å². The molecule has 5 nitrogen and oxygen atoms in total. The molecule has 0 atom stereocenters. The molecule has 0 unspecified atom stereocenters. The topological polar surface area (TPSA) is 53.6 Å². The SMILES string of the molecule is C=c1ccc(C(=O)NCCOC)c(CC)/c1=C/N(C)CC1CNC1. The fourth-order valence-corrected chi connectivity index (χ4v) is 2.99. The standard InChI is InChI=1S/C19H29N3O2/c1-5-16-17(19(23)21-8-9-24-4)7-6-14(2)18(16)13-22(3)12-15-10-20-11-15/h6-7,13,15,20H,2,5,8-12H2,1,3-4H3,(H,21,23)/b18-13+. The number of methoxy groups -OCH3 is 1. The molecule has 1 fully saturated rings. The number of carbonyl (C=O) groups is 1. The van der Waals surface area contributed by atoms with Crippen LogP contribution in [0.5, 0.6) is 0 Å². The lowest BCUT2D eigenvalue weighted by Crippen LogP contribution is -2.47. The van der Waals surface area contributed by atoms with Gasteiger partial charge in [0.25, 0.3) is 5.91 Å². The van der Waals surface area contributed by atoms with E-state index in [1.165, 1.54) is 0 Å². The van der Waals surface area contributed by atoms with Crippen molar-refractivity contribution in [3.05, 3.63) is 33.7 Å². The molecule has 1 heterocycles. The van der Waals surface area contributed by atoms with Gasteiger partial charge in [-0.1, -0.05) is 19.6 Å². The molecular formula is C19H29N3O2. The van der Waals surface area contributed by atoms with E-state index in [0.29, 0.717) is 19.1 Å². The van der Waals surface area contributed by atoms with Crippen LogP contribution in [0.1, 0.15) is 22.8 Å². The van der Waals surface area contributed by atoms with Gasteiger partial charge in [0.15, 0.2) is 0 Å². The predicted octanol–water partition coefficient (Wildman–Crippen LogP) is -0.0753. The van der Waals surface area contributed by atoms with Crippen molar-refractivity contribution in [3.63, 3.8) is 0 Å². The minimum absolute atomic E-state index is 0.0515. The maximum atomic E-state index is 12.5. The number of hydrogen-bond donors (Lipinski definition) is 2. The molecule has 132 valence electrons. The van der Waals surface area contributed by atoms with Crippen LogP contribution >= 0.6 is 0 Å². The summed E-state index contributed by atoms with van der Waals surface area (Å²) >= 11 is 0. The minimum Gasteiger partial charge on any atom is -0.383 e. The number of nitrogens with zero attached hydrogens (tertiary/aromatic N) is 1. The van der Waals surface area contributed by atoms with Crippen LogP contribution in [0.3, 0.4) is 0 Å². The van der Waals surface area contributed by atoms with Crippen molar-refractivity contribution in [1.29, 1.82) is 0 Å². The molecule has 0 saturated carbocycles. The first kappa shape index (κ1) is 18.5. The molecule has 2 N–H and O–H groups in total. The van der Waals surface area contributed by atoms with E-state index < -0.39 is 0 Å². The molecule has 1 aromatic rings. The van der Waals surface area contributed by atoms with E-state index in [2.05, 4.69) is 42.3 Å². The third kappa shape index (κ3) is 4.58. The average molecular weight is 331 g/mol. The Balaban J connectivity index is 2.27. The monoisotopic (exact) mass is 331 g/mol. The summed E-state index contributed by atoms with van der Waals surface area (Å²) in [6, 6.07) is 3.80. The molecule has 5 heteroatoms. The van der Waals surface area contributed by atoms with Crippen LogP contribution in [0.4, 0.5) is 0 Å². The second-order valence-electron chi connectivity index (χ2n) is 6.36. The Kier molecular flexibility index (Phi) is 6.82. The first-order valence-electron chi connectivity index (χ1n) is 8.57. The second kappa shape index (κ2) is 8.85. The molecule has 1 aliphatic heterocycles. The number of benzene rings is 1. The van der Waals surface area contributed by atoms with E-state index in [4.69, 9.17) is 4.74 Å². The zero-order valence-corrected chi connectivity index (χ0v) is 15.0. The van der Waals surface area contributed by atoms with Gasteiger partial charge < -0.3 is 20.3 Å². The summed E-state index contributed by atoms with van der Waals surface area (Å²) in [4.78, 5) is 14.7. The van der Waals surface area contributed by atoms with Gasteiger partial charge in [0.1, 0.15) is 0 Å². The molecule has 1 amide bonds. The quantitative estimate of drug-likeness (QED) is 0.655. The molecule has 0 radical (unpaired) electrons. The highest BCUT2D eigenvalue weighted by atomic mass is 16.5. The van der Waals surface area contributed by atoms with Crippen molar-refractivity contribution >= 4 is 18.7 Å². The molecule has 24 heavy (non-hydrogen) atoms. The van der Waals surface area contributed by atoms with Crippen molar-refractivity contribution in [2.24, 2.45) is 5.92 Å². The summed E-state index contributed by atoms with van der Waals surface area (Å²) in [5.41, 5.74) is 1.78. The normalized spacial score (nSPS) is 15.2. The van der Waals surface area contributed by atoms with E-state index >= 15 is 0 Å². The fraction of sp³-hybridized carbons (Fsp3) is 0.526. The van der Waals surface area contributed by atoms with Gasteiger partial charge in [-0.3, -0.25) is 4.79 Å². The van der Waals surface area contributed by atoms with Gasteiger partial charge in [0.05, 0.1) is 6.61 Å². The average Bonchev–Trinajstić information content (AvgIpc) is 2.52. The van der Waals surface area contributed by atoms with Crippen molar-refractivity contribution in [1.82, 2.24) is 15.5 Å². The van der Waals surface area contributed by atoms with Crippen LogP contribution < -0.4 is 21.1 Å². The number of hydrogen-bond acceptors (Lipinski definition) is 4. The highest BCUT2D eigenvalue weighted by Gasteiger charge is 2.17. The number of rotatable bonds is 8. The predicted molar refractivity (Wildman–Crippen MR) is 98.3 cm³/mol. The highest BCUT2D eigenvalue weighted by molar-refractivity contribution is 5.95. The van der Waals surface area contributed by atoms with E-state index in [9.17, 15) is 4.79 Å². The molecule has 0 aliphatic carbocycles. The molecule has 2 rings (SSSR count). The summed E-state index contributed by atoms with van der Waals surface area (Å²) in [6.07, 6.45) is 2.92. The molecular weight excluding hydrogens is 302 g/mol. The molecule has 1 aromatic carbocycles. The molecule has 1 aliphatic rings. The number of carbonyl (C=O) groups excluding carboxylic acids is 1. The van der Waals surface area contributed by atoms with Gasteiger partial charge in [0.2, 0.25) is 0 Å². The van der Waals surface area contributed by atoms with E-state index in [-0.39, 0.29) is 5.91 Å². The zero-order chi connectivity index (χ0) is 17.5.